The van der Waals surface area contributed by atoms with Crippen molar-refractivity contribution < 1.29 is 13.2 Å². The quantitative estimate of drug-likeness (QED) is 0.656. The molecular weight excluding hydrogens is 300 g/mol. The van der Waals surface area contributed by atoms with Crippen LogP contribution in [0.5, 0.6) is 5.75 Å². The van der Waals surface area contributed by atoms with Crippen molar-refractivity contribution in [1.29, 1.82) is 0 Å². The van der Waals surface area contributed by atoms with E-state index in [1.54, 1.807) is 24.1 Å². The number of hydrogen-bond donors (Lipinski definition) is 0. The topological polar surface area (TPSA) is 61.2 Å². The largest absolute Gasteiger partial charge is 0.490 e. The Hall–Kier alpha value is -0.750. The van der Waals surface area contributed by atoms with Gasteiger partial charge in [-0.3, -0.25) is 4.68 Å². The minimum absolute atomic E-state index is 0.0521. The second kappa shape index (κ2) is 7.31. The van der Waals surface area contributed by atoms with Crippen molar-refractivity contribution in [2.24, 2.45) is 12.5 Å². The third-order valence-corrected chi connectivity index (χ3v) is 4.55. The van der Waals surface area contributed by atoms with Crippen LogP contribution in [0, 0.1) is 5.41 Å². The van der Waals surface area contributed by atoms with Gasteiger partial charge in [-0.15, -0.1) is 0 Å². The molecule has 0 radical (unpaired) electrons. The Morgan fingerprint density at radius 1 is 1.35 bits per heavy atom. The minimum atomic E-state index is -3.55. The summed E-state index contributed by atoms with van der Waals surface area (Å²) in [6, 6.07) is 0. The van der Waals surface area contributed by atoms with Crippen molar-refractivity contribution in [1.82, 2.24) is 9.78 Å². The molecule has 1 aromatic heterocycles. The van der Waals surface area contributed by atoms with Crippen LogP contribution in [-0.4, -0.2) is 30.6 Å². The number of nitrogens with zero attached hydrogens (tertiary/aromatic N) is 2. The molecule has 0 amide bonds. The summed E-state index contributed by atoms with van der Waals surface area (Å²) in [5, 5.41) is 4.03. The van der Waals surface area contributed by atoms with E-state index in [-0.39, 0.29) is 5.75 Å². The summed E-state index contributed by atoms with van der Waals surface area (Å²) in [4.78, 5) is 0. The number of rotatable bonds is 9. The van der Waals surface area contributed by atoms with Gasteiger partial charge in [0.15, 0.2) is 5.75 Å². The van der Waals surface area contributed by atoms with Gasteiger partial charge in [-0.25, -0.2) is 8.42 Å². The average molecular weight is 323 g/mol. The molecule has 1 heterocycles. The van der Waals surface area contributed by atoms with E-state index in [9.17, 15) is 8.42 Å². The maximum Gasteiger partial charge on any atom is 0.233 e. The minimum Gasteiger partial charge on any atom is -0.490 e. The van der Waals surface area contributed by atoms with Crippen LogP contribution < -0.4 is 4.74 Å². The van der Waals surface area contributed by atoms with Crippen LogP contribution in [0.1, 0.15) is 39.5 Å². The van der Waals surface area contributed by atoms with E-state index in [1.165, 1.54) is 0 Å². The van der Waals surface area contributed by atoms with Gasteiger partial charge in [-0.05, 0) is 12.8 Å². The molecule has 0 N–H and O–H groups in total. The fraction of sp³-hybridized carbons (Fsp3) is 0.769. The molecule has 0 unspecified atom stereocenters. The van der Waals surface area contributed by atoms with Gasteiger partial charge in [0.1, 0.15) is 0 Å². The zero-order chi connectivity index (χ0) is 15.2. The van der Waals surface area contributed by atoms with Gasteiger partial charge in [0, 0.05) is 23.1 Å². The zero-order valence-corrected chi connectivity index (χ0v) is 13.9. The Balaban J connectivity index is 2.84. The van der Waals surface area contributed by atoms with Crippen LogP contribution in [0.25, 0.3) is 0 Å². The molecule has 0 aliphatic heterocycles. The van der Waals surface area contributed by atoms with E-state index in [0.29, 0.717) is 12.4 Å². The second-order valence-corrected chi connectivity index (χ2v) is 8.10. The van der Waals surface area contributed by atoms with Crippen molar-refractivity contribution in [3.05, 3.63) is 12.4 Å². The summed E-state index contributed by atoms with van der Waals surface area (Å²) in [5.41, 5.74) is -0.431. The molecule has 1 aromatic rings. The highest BCUT2D eigenvalue weighted by atomic mass is 35.7. The molecule has 0 saturated heterocycles. The predicted octanol–water partition coefficient (Wildman–Crippen LogP) is 2.95. The van der Waals surface area contributed by atoms with Crippen molar-refractivity contribution in [3.63, 3.8) is 0 Å². The SMILES string of the molecule is CCCC(CCC)(COc1cnn(C)c1)CS(=O)(=O)Cl. The van der Waals surface area contributed by atoms with Gasteiger partial charge >= 0.3 is 0 Å². The summed E-state index contributed by atoms with van der Waals surface area (Å²) in [5.74, 6) is 0.597. The Labute approximate surface area is 125 Å². The monoisotopic (exact) mass is 322 g/mol. The zero-order valence-electron chi connectivity index (χ0n) is 12.3. The lowest BCUT2D eigenvalue weighted by molar-refractivity contribution is 0.141. The third kappa shape index (κ3) is 5.71. The molecule has 0 spiro atoms. The van der Waals surface area contributed by atoms with E-state index < -0.39 is 14.5 Å². The van der Waals surface area contributed by atoms with Crippen LogP contribution in [-0.2, 0) is 16.1 Å². The van der Waals surface area contributed by atoms with Gasteiger partial charge in [0.05, 0.1) is 24.8 Å². The number of halogens is 1. The molecule has 0 bridgehead atoms. The van der Waals surface area contributed by atoms with Crippen LogP contribution in [0.4, 0.5) is 0 Å². The van der Waals surface area contributed by atoms with Gasteiger partial charge in [-0.2, -0.15) is 5.10 Å². The number of aryl methyl sites for hydroxylation is 1. The van der Waals surface area contributed by atoms with Crippen LogP contribution in [0.3, 0.4) is 0 Å². The van der Waals surface area contributed by atoms with Gasteiger partial charge in [-0.1, -0.05) is 26.7 Å². The smallest absolute Gasteiger partial charge is 0.233 e. The Morgan fingerprint density at radius 2 is 1.95 bits per heavy atom. The van der Waals surface area contributed by atoms with Crippen molar-refractivity contribution in [3.8, 4) is 5.75 Å². The van der Waals surface area contributed by atoms with Crippen LogP contribution in [0.2, 0.25) is 0 Å². The summed E-state index contributed by atoms with van der Waals surface area (Å²) in [7, 11) is 3.73. The van der Waals surface area contributed by atoms with Crippen LogP contribution >= 0.6 is 10.7 Å². The van der Waals surface area contributed by atoms with Gasteiger partial charge < -0.3 is 4.74 Å². The number of aromatic nitrogens is 2. The van der Waals surface area contributed by atoms with E-state index >= 15 is 0 Å². The standard InChI is InChI=1S/C13H23ClN2O3S/c1-4-6-13(7-5-2,11-20(14,17)18)10-19-12-8-15-16(3)9-12/h8-9H,4-7,10-11H2,1-3H3. The van der Waals surface area contributed by atoms with E-state index in [4.69, 9.17) is 15.4 Å². The summed E-state index contributed by atoms with van der Waals surface area (Å²) >= 11 is 0. The Kier molecular flexibility index (Phi) is 6.33. The molecule has 0 aromatic carbocycles. The first-order valence-electron chi connectivity index (χ1n) is 6.84. The summed E-state index contributed by atoms with van der Waals surface area (Å²) in [6.07, 6.45) is 6.71. The Bertz CT molecular complexity index is 507. The second-order valence-electron chi connectivity index (χ2n) is 5.32. The molecule has 0 fully saturated rings. The fourth-order valence-electron chi connectivity index (χ4n) is 2.59. The fourth-order valence-corrected chi connectivity index (χ4v) is 4.39. The van der Waals surface area contributed by atoms with Gasteiger partial charge in [0.2, 0.25) is 9.05 Å². The van der Waals surface area contributed by atoms with Crippen molar-refractivity contribution in [2.75, 3.05) is 12.4 Å². The molecule has 7 heteroatoms. The lowest BCUT2D eigenvalue weighted by atomic mass is 9.82. The number of hydrogen-bond acceptors (Lipinski definition) is 4. The molecule has 0 atom stereocenters. The van der Waals surface area contributed by atoms with Crippen LogP contribution in [0.15, 0.2) is 12.4 Å². The van der Waals surface area contributed by atoms with E-state index in [2.05, 4.69) is 5.10 Å². The normalized spacial score (nSPS) is 12.6. The highest BCUT2D eigenvalue weighted by Gasteiger charge is 2.34. The molecule has 1 rings (SSSR count). The maximum absolute atomic E-state index is 11.5. The molecule has 116 valence electrons. The lowest BCUT2D eigenvalue weighted by Crippen LogP contribution is -2.35. The number of ether oxygens (including phenoxy) is 1. The molecule has 0 saturated carbocycles. The summed E-state index contributed by atoms with van der Waals surface area (Å²) in [6.45, 7) is 4.41. The third-order valence-electron chi connectivity index (χ3n) is 3.27. The highest BCUT2D eigenvalue weighted by Crippen LogP contribution is 2.33. The van der Waals surface area contributed by atoms with Crippen molar-refractivity contribution in [2.45, 2.75) is 39.5 Å². The Morgan fingerprint density at radius 3 is 2.35 bits per heavy atom. The van der Waals surface area contributed by atoms with E-state index in [0.717, 1.165) is 25.7 Å². The van der Waals surface area contributed by atoms with E-state index in [1.807, 2.05) is 13.8 Å². The molecule has 0 aliphatic carbocycles. The highest BCUT2D eigenvalue weighted by molar-refractivity contribution is 8.13. The van der Waals surface area contributed by atoms with Crippen molar-refractivity contribution >= 4 is 19.7 Å². The molecule has 20 heavy (non-hydrogen) atoms. The summed E-state index contributed by atoms with van der Waals surface area (Å²) < 4.78 is 30.4. The van der Waals surface area contributed by atoms with Gasteiger partial charge in [0.25, 0.3) is 0 Å². The predicted molar refractivity (Wildman–Crippen MR) is 80.6 cm³/mol. The maximum atomic E-state index is 11.5. The first-order valence-corrected chi connectivity index (χ1v) is 9.32. The lowest BCUT2D eigenvalue weighted by Gasteiger charge is -2.31. The average Bonchev–Trinajstić information content (AvgIpc) is 2.71. The molecular formula is C13H23ClN2O3S. The molecule has 5 nitrogen and oxygen atoms in total. The first-order chi connectivity index (χ1) is 9.30. The first kappa shape index (κ1) is 17.3. The molecule has 0 aliphatic rings.